The number of nitrogens with one attached hydrogen (secondary N) is 1. The van der Waals surface area contributed by atoms with Crippen LogP contribution >= 0.6 is 0 Å². The maximum Gasteiger partial charge on any atom is 0.146 e. The minimum absolute atomic E-state index is 0.120. The van der Waals surface area contributed by atoms with Crippen molar-refractivity contribution in [1.29, 1.82) is 0 Å². The topological polar surface area (TPSA) is 15.3 Å². The van der Waals surface area contributed by atoms with E-state index in [-0.39, 0.29) is 5.82 Å². The lowest BCUT2D eigenvalue weighted by molar-refractivity contribution is 0.350. The molecular weight excluding hydrogens is 215 g/mol. The highest BCUT2D eigenvalue weighted by Gasteiger charge is 2.24. The molecule has 0 bridgehead atoms. The first-order valence-electron chi connectivity index (χ1n) is 6.37. The predicted molar refractivity (Wildman–Crippen MR) is 69.9 cm³/mol. The van der Waals surface area contributed by atoms with Crippen molar-refractivity contribution < 1.29 is 4.39 Å². The van der Waals surface area contributed by atoms with Crippen LogP contribution in [0.1, 0.15) is 25.7 Å². The van der Waals surface area contributed by atoms with Crippen molar-refractivity contribution in [2.45, 2.75) is 37.8 Å². The van der Waals surface area contributed by atoms with Gasteiger partial charge >= 0.3 is 0 Å². The van der Waals surface area contributed by atoms with Crippen LogP contribution in [-0.4, -0.2) is 26.2 Å². The second-order valence-electron chi connectivity index (χ2n) is 4.86. The van der Waals surface area contributed by atoms with Gasteiger partial charge in [-0.3, -0.25) is 0 Å². The Bertz CT molecular complexity index is 359. The van der Waals surface area contributed by atoms with Gasteiger partial charge in [-0.2, -0.15) is 0 Å². The molecule has 1 fully saturated rings. The minimum atomic E-state index is -0.120. The lowest BCUT2D eigenvalue weighted by Crippen LogP contribution is -2.40. The van der Waals surface area contributed by atoms with Gasteiger partial charge in [-0.05, 0) is 44.9 Å². The second-order valence-corrected chi connectivity index (χ2v) is 4.86. The van der Waals surface area contributed by atoms with Gasteiger partial charge in [-0.15, -0.1) is 0 Å². The lowest BCUT2D eigenvalue weighted by atomic mass is 9.90. The molecule has 2 nitrogen and oxygen atoms in total. The predicted octanol–water partition coefficient (Wildman–Crippen LogP) is 2.79. The Hall–Kier alpha value is -1.09. The van der Waals surface area contributed by atoms with Crippen LogP contribution in [0, 0.1) is 5.82 Å². The third-order valence-corrected chi connectivity index (χ3v) is 3.89. The van der Waals surface area contributed by atoms with Crippen LogP contribution in [0.2, 0.25) is 0 Å². The maximum absolute atomic E-state index is 13.7. The first-order valence-corrected chi connectivity index (χ1v) is 6.37. The van der Waals surface area contributed by atoms with E-state index in [2.05, 4.69) is 10.2 Å². The van der Waals surface area contributed by atoms with Crippen LogP contribution in [0.5, 0.6) is 0 Å². The van der Waals surface area contributed by atoms with Gasteiger partial charge in [0, 0.05) is 19.1 Å². The molecule has 1 aliphatic rings. The van der Waals surface area contributed by atoms with Crippen LogP contribution in [-0.2, 0) is 0 Å². The van der Waals surface area contributed by atoms with Crippen molar-refractivity contribution in [3.63, 3.8) is 0 Å². The van der Waals surface area contributed by atoms with Gasteiger partial charge in [0.15, 0.2) is 0 Å². The molecule has 3 heteroatoms. The summed E-state index contributed by atoms with van der Waals surface area (Å²) in [6, 6.07) is 8.14. The summed E-state index contributed by atoms with van der Waals surface area (Å²) in [6.07, 6.45) is 4.63. The molecule has 0 spiro atoms. The highest BCUT2D eigenvalue weighted by Crippen LogP contribution is 2.27. The first-order chi connectivity index (χ1) is 8.22. The molecule has 94 valence electrons. The third kappa shape index (κ3) is 2.78. The maximum atomic E-state index is 13.7. The quantitative estimate of drug-likeness (QED) is 0.868. The number of benzene rings is 1. The molecule has 0 saturated heterocycles. The Kier molecular flexibility index (Phi) is 4.00. The van der Waals surface area contributed by atoms with E-state index in [1.54, 1.807) is 6.07 Å². The number of para-hydroxylation sites is 1. The molecule has 0 heterocycles. The molecule has 1 aromatic rings. The van der Waals surface area contributed by atoms with Crippen LogP contribution < -0.4 is 10.2 Å². The number of anilines is 1. The van der Waals surface area contributed by atoms with Gasteiger partial charge in [-0.25, -0.2) is 4.39 Å². The number of nitrogens with zero attached hydrogens (tertiary/aromatic N) is 1. The Morgan fingerprint density at radius 3 is 2.41 bits per heavy atom. The molecule has 1 saturated carbocycles. The van der Waals surface area contributed by atoms with E-state index in [0.29, 0.717) is 12.1 Å². The zero-order valence-electron chi connectivity index (χ0n) is 10.6. The van der Waals surface area contributed by atoms with Crippen molar-refractivity contribution in [1.82, 2.24) is 5.32 Å². The fraction of sp³-hybridized carbons (Fsp3) is 0.571. The Labute approximate surface area is 103 Å². The second kappa shape index (κ2) is 5.50. The van der Waals surface area contributed by atoms with Crippen molar-refractivity contribution in [2.75, 3.05) is 19.0 Å². The summed E-state index contributed by atoms with van der Waals surface area (Å²) >= 11 is 0. The number of hydrogen-bond donors (Lipinski definition) is 1. The molecule has 1 aromatic carbocycles. The monoisotopic (exact) mass is 236 g/mol. The smallest absolute Gasteiger partial charge is 0.146 e. The Balaban J connectivity index is 2.02. The Morgan fingerprint density at radius 1 is 1.18 bits per heavy atom. The fourth-order valence-corrected chi connectivity index (χ4v) is 2.69. The third-order valence-electron chi connectivity index (χ3n) is 3.89. The van der Waals surface area contributed by atoms with E-state index in [4.69, 9.17) is 0 Å². The van der Waals surface area contributed by atoms with E-state index in [0.717, 1.165) is 18.5 Å². The first kappa shape index (κ1) is 12.4. The minimum Gasteiger partial charge on any atom is -0.369 e. The summed E-state index contributed by atoms with van der Waals surface area (Å²) in [5, 5.41) is 3.32. The highest BCUT2D eigenvalue weighted by molar-refractivity contribution is 5.47. The van der Waals surface area contributed by atoms with Gasteiger partial charge < -0.3 is 10.2 Å². The van der Waals surface area contributed by atoms with Crippen molar-refractivity contribution >= 4 is 5.69 Å². The summed E-state index contributed by atoms with van der Waals surface area (Å²) in [7, 11) is 4.02. The summed E-state index contributed by atoms with van der Waals surface area (Å²) < 4.78 is 13.7. The van der Waals surface area contributed by atoms with Crippen molar-refractivity contribution in [3.05, 3.63) is 30.1 Å². The zero-order valence-corrected chi connectivity index (χ0v) is 10.6. The molecule has 0 atom stereocenters. The van der Waals surface area contributed by atoms with Gasteiger partial charge in [0.25, 0.3) is 0 Å². The normalized spacial score (nSPS) is 24.6. The summed E-state index contributed by atoms with van der Waals surface area (Å²) in [5.41, 5.74) is 0.723. The van der Waals surface area contributed by atoms with Crippen LogP contribution in [0.25, 0.3) is 0 Å². The number of halogens is 1. The molecule has 0 aromatic heterocycles. The molecule has 0 amide bonds. The molecule has 2 rings (SSSR count). The summed E-state index contributed by atoms with van der Waals surface area (Å²) in [4.78, 5) is 2.10. The average Bonchev–Trinajstić information content (AvgIpc) is 2.39. The average molecular weight is 236 g/mol. The number of hydrogen-bond acceptors (Lipinski definition) is 2. The SMILES string of the molecule is CNC1CCC(N(C)c2ccccc2F)CC1. The van der Waals surface area contributed by atoms with Crippen LogP contribution in [0.4, 0.5) is 10.1 Å². The van der Waals surface area contributed by atoms with E-state index >= 15 is 0 Å². The van der Waals surface area contributed by atoms with E-state index in [9.17, 15) is 4.39 Å². The molecule has 1 aliphatic carbocycles. The lowest BCUT2D eigenvalue weighted by Gasteiger charge is -2.36. The standard InChI is InChI=1S/C14H21FN2/c1-16-11-7-9-12(10-8-11)17(2)14-6-4-3-5-13(14)15/h3-6,11-12,16H,7-10H2,1-2H3. The van der Waals surface area contributed by atoms with Crippen molar-refractivity contribution in [2.24, 2.45) is 0 Å². The van der Waals surface area contributed by atoms with E-state index in [1.807, 2.05) is 26.2 Å². The van der Waals surface area contributed by atoms with Gasteiger partial charge in [0.05, 0.1) is 5.69 Å². The summed E-state index contributed by atoms with van der Waals surface area (Å²) in [5.74, 6) is -0.120. The Morgan fingerprint density at radius 2 is 1.82 bits per heavy atom. The van der Waals surface area contributed by atoms with E-state index < -0.39 is 0 Å². The molecule has 0 radical (unpaired) electrons. The molecule has 0 aliphatic heterocycles. The van der Waals surface area contributed by atoms with Crippen molar-refractivity contribution in [3.8, 4) is 0 Å². The van der Waals surface area contributed by atoms with Crippen LogP contribution in [0.3, 0.4) is 0 Å². The van der Waals surface area contributed by atoms with Gasteiger partial charge in [0.1, 0.15) is 5.82 Å². The molecule has 0 unspecified atom stereocenters. The van der Waals surface area contributed by atoms with E-state index in [1.165, 1.54) is 18.9 Å². The summed E-state index contributed by atoms with van der Waals surface area (Å²) in [6.45, 7) is 0. The largest absolute Gasteiger partial charge is 0.369 e. The highest BCUT2D eigenvalue weighted by atomic mass is 19.1. The molecule has 17 heavy (non-hydrogen) atoms. The van der Waals surface area contributed by atoms with Gasteiger partial charge in [0.2, 0.25) is 0 Å². The fourth-order valence-electron chi connectivity index (χ4n) is 2.69. The van der Waals surface area contributed by atoms with Crippen LogP contribution in [0.15, 0.2) is 24.3 Å². The number of rotatable bonds is 3. The zero-order chi connectivity index (χ0) is 12.3. The molecular formula is C14H21FN2. The molecule has 1 N–H and O–H groups in total. The van der Waals surface area contributed by atoms with Gasteiger partial charge in [-0.1, -0.05) is 12.1 Å².